The van der Waals surface area contributed by atoms with Gasteiger partial charge in [0.05, 0.1) is 6.20 Å². The molecule has 0 unspecified atom stereocenters. The van der Waals surface area contributed by atoms with E-state index in [-0.39, 0.29) is 6.61 Å². The molecule has 0 aliphatic rings. The van der Waals surface area contributed by atoms with Gasteiger partial charge in [-0.2, -0.15) is 0 Å². The smallest absolute Gasteiger partial charge is 0.429 e. The summed E-state index contributed by atoms with van der Waals surface area (Å²) in [7, 11) is 0. The van der Waals surface area contributed by atoms with E-state index >= 15 is 0 Å². The molecule has 2 rings (SSSR count). The van der Waals surface area contributed by atoms with Crippen LogP contribution in [-0.2, 0) is 11.3 Å². The van der Waals surface area contributed by atoms with Crippen LogP contribution in [-0.4, -0.2) is 11.1 Å². The maximum atomic E-state index is 11.4. The first kappa shape index (κ1) is 12.1. The summed E-state index contributed by atoms with van der Waals surface area (Å²) in [5.41, 5.74) is 1.77. The largest absolute Gasteiger partial charge is 0.514 e. The highest BCUT2D eigenvalue weighted by atomic mass is 16.7. The van der Waals surface area contributed by atoms with Crippen LogP contribution < -0.4 is 4.74 Å². The average molecular weight is 243 g/mol. The monoisotopic (exact) mass is 243 g/mol. The highest BCUT2D eigenvalue weighted by molar-refractivity contribution is 5.63. The van der Waals surface area contributed by atoms with Crippen LogP contribution in [0.5, 0.6) is 5.75 Å². The van der Waals surface area contributed by atoms with Gasteiger partial charge in [-0.3, -0.25) is 4.98 Å². The predicted octanol–water partition coefficient (Wildman–Crippen LogP) is 3.11. The number of benzene rings is 1. The number of nitrogens with zero attached hydrogens (tertiary/aromatic N) is 1. The van der Waals surface area contributed by atoms with Crippen molar-refractivity contribution in [3.05, 3.63) is 59.9 Å². The van der Waals surface area contributed by atoms with E-state index in [9.17, 15) is 4.79 Å². The van der Waals surface area contributed by atoms with Gasteiger partial charge in [0.2, 0.25) is 0 Å². The van der Waals surface area contributed by atoms with Gasteiger partial charge in [0.1, 0.15) is 6.61 Å². The van der Waals surface area contributed by atoms with E-state index in [4.69, 9.17) is 9.47 Å². The fourth-order valence-electron chi connectivity index (χ4n) is 1.36. The second-order valence-corrected chi connectivity index (χ2v) is 3.76. The third-order valence-electron chi connectivity index (χ3n) is 2.28. The molecule has 0 fully saturated rings. The molecule has 2 aromatic rings. The lowest BCUT2D eigenvalue weighted by Crippen LogP contribution is -2.10. The summed E-state index contributed by atoms with van der Waals surface area (Å²) >= 11 is 0. The van der Waals surface area contributed by atoms with Crippen LogP contribution in [0.1, 0.15) is 11.3 Å². The Morgan fingerprint density at radius 1 is 1.17 bits per heavy atom. The molecule has 1 aromatic heterocycles. The molecule has 0 aliphatic heterocycles. The molecule has 0 atom stereocenters. The zero-order chi connectivity index (χ0) is 12.8. The molecule has 0 saturated carbocycles. The summed E-state index contributed by atoms with van der Waals surface area (Å²) in [6.45, 7) is 2.05. The Balaban J connectivity index is 1.84. The molecule has 4 nitrogen and oxygen atoms in total. The summed E-state index contributed by atoms with van der Waals surface area (Å²) < 4.78 is 9.94. The van der Waals surface area contributed by atoms with Gasteiger partial charge in [0.25, 0.3) is 0 Å². The minimum absolute atomic E-state index is 0.193. The summed E-state index contributed by atoms with van der Waals surface area (Å²) in [6.07, 6.45) is 0.753. The van der Waals surface area contributed by atoms with Crippen molar-refractivity contribution in [1.82, 2.24) is 4.98 Å². The molecule has 1 heterocycles. The van der Waals surface area contributed by atoms with Crippen LogP contribution in [0.3, 0.4) is 0 Å². The van der Waals surface area contributed by atoms with Crippen molar-refractivity contribution < 1.29 is 14.3 Å². The minimum Gasteiger partial charge on any atom is -0.429 e. The van der Waals surface area contributed by atoms with Crippen molar-refractivity contribution in [3.63, 3.8) is 0 Å². The molecule has 0 radical (unpaired) electrons. The van der Waals surface area contributed by atoms with Crippen molar-refractivity contribution in [3.8, 4) is 5.75 Å². The van der Waals surface area contributed by atoms with Gasteiger partial charge in [-0.25, -0.2) is 4.79 Å². The Morgan fingerprint density at radius 3 is 2.61 bits per heavy atom. The summed E-state index contributed by atoms with van der Waals surface area (Å²) in [5.74, 6) is 0.374. The molecular formula is C14H13NO3. The molecule has 92 valence electrons. The van der Waals surface area contributed by atoms with Crippen molar-refractivity contribution in [2.24, 2.45) is 0 Å². The highest BCUT2D eigenvalue weighted by Gasteiger charge is 2.06. The van der Waals surface area contributed by atoms with E-state index in [2.05, 4.69) is 4.98 Å². The molecule has 0 aliphatic carbocycles. The lowest BCUT2D eigenvalue weighted by molar-refractivity contribution is 0.0926. The second-order valence-electron chi connectivity index (χ2n) is 3.76. The van der Waals surface area contributed by atoms with Gasteiger partial charge in [-0.05, 0) is 24.6 Å². The lowest BCUT2D eigenvalue weighted by atomic mass is 10.2. The quantitative estimate of drug-likeness (QED) is 0.777. The topological polar surface area (TPSA) is 48.4 Å². The number of aromatic nitrogens is 1. The summed E-state index contributed by atoms with van der Waals surface area (Å²) in [4.78, 5) is 15.4. The zero-order valence-electron chi connectivity index (χ0n) is 10.00. The average Bonchev–Trinajstić information content (AvgIpc) is 2.40. The normalized spacial score (nSPS) is 9.83. The van der Waals surface area contributed by atoms with Crippen molar-refractivity contribution in [1.29, 1.82) is 0 Å². The first-order valence-corrected chi connectivity index (χ1v) is 5.55. The van der Waals surface area contributed by atoms with E-state index in [0.29, 0.717) is 5.75 Å². The molecule has 0 N–H and O–H groups in total. The third kappa shape index (κ3) is 3.59. The van der Waals surface area contributed by atoms with Gasteiger partial charge in [-0.15, -0.1) is 0 Å². The number of carbonyl (C=O) groups is 1. The first-order chi connectivity index (χ1) is 8.74. The fraction of sp³-hybridized carbons (Fsp3) is 0.143. The number of ether oxygens (including phenoxy) is 2. The van der Waals surface area contributed by atoms with Gasteiger partial charge in [-0.1, -0.05) is 30.3 Å². The molecule has 4 heteroatoms. The van der Waals surface area contributed by atoms with E-state index < -0.39 is 6.16 Å². The molecule has 0 saturated heterocycles. The van der Waals surface area contributed by atoms with Gasteiger partial charge >= 0.3 is 6.16 Å². The number of carbonyl (C=O) groups excluding carboxylic acids is 1. The zero-order valence-corrected chi connectivity index (χ0v) is 10.00. The SMILES string of the molecule is Cc1ccc(OC(=O)OCc2ccccc2)cn1. The maximum absolute atomic E-state index is 11.4. The Morgan fingerprint density at radius 2 is 1.94 bits per heavy atom. The summed E-state index contributed by atoms with van der Waals surface area (Å²) in [6, 6.07) is 12.9. The maximum Gasteiger partial charge on any atom is 0.514 e. The van der Waals surface area contributed by atoms with Crippen LogP contribution in [0.2, 0.25) is 0 Å². The van der Waals surface area contributed by atoms with Gasteiger partial charge in [0.15, 0.2) is 5.75 Å². The second kappa shape index (κ2) is 5.82. The Labute approximate surface area is 105 Å². The van der Waals surface area contributed by atoms with Crippen LogP contribution in [0.25, 0.3) is 0 Å². The number of aryl methyl sites for hydroxylation is 1. The first-order valence-electron chi connectivity index (χ1n) is 5.55. The fourth-order valence-corrected chi connectivity index (χ4v) is 1.36. The third-order valence-corrected chi connectivity index (χ3v) is 2.28. The minimum atomic E-state index is -0.732. The van der Waals surface area contributed by atoms with Gasteiger partial charge < -0.3 is 9.47 Å². The Bertz CT molecular complexity index is 508. The van der Waals surface area contributed by atoms with Crippen molar-refractivity contribution in [2.45, 2.75) is 13.5 Å². The Kier molecular flexibility index (Phi) is 3.91. The molecular weight excluding hydrogens is 230 g/mol. The lowest BCUT2D eigenvalue weighted by Gasteiger charge is -2.05. The molecule has 0 spiro atoms. The number of hydrogen-bond donors (Lipinski definition) is 0. The van der Waals surface area contributed by atoms with Gasteiger partial charge in [0, 0.05) is 5.69 Å². The molecule has 1 aromatic carbocycles. The van der Waals surface area contributed by atoms with E-state index in [1.807, 2.05) is 37.3 Å². The standard InChI is InChI=1S/C14H13NO3/c1-11-7-8-13(9-15-11)18-14(16)17-10-12-5-3-2-4-6-12/h2-9H,10H2,1H3. The van der Waals surface area contributed by atoms with Crippen molar-refractivity contribution >= 4 is 6.16 Å². The van der Waals surface area contributed by atoms with Crippen LogP contribution in [0, 0.1) is 6.92 Å². The van der Waals surface area contributed by atoms with E-state index in [0.717, 1.165) is 11.3 Å². The number of rotatable bonds is 3. The number of pyridine rings is 1. The van der Waals surface area contributed by atoms with Crippen LogP contribution in [0.15, 0.2) is 48.7 Å². The Hall–Kier alpha value is -2.36. The van der Waals surface area contributed by atoms with Crippen LogP contribution >= 0.6 is 0 Å². The van der Waals surface area contributed by atoms with Crippen molar-refractivity contribution in [2.75, 3.05) is 0 Å². The van der Waals surface area contributed by atoms with E-state index in [1.54, 1.807) is 12.1 Å². The molecule has 18 heavy (non-hydrogen) atoms. The predicted molar refractivity (Wildman–Crippen MR) is 66.2 cm³/mol. The molecule has 0 amide bonds. The van der Waals surface area contributed by atoms with E-state index in [1.165, 1.54) is 6.20 Å². The number of hydrogen-bond acceptors (Lipinski definition) is 4. The summed E-state index contributed by atoms with van der Waals surface area (Å²) in [5, 5.41) is 0. The highest BCUT2D eigenvalue weighted by Crippen LogP contribution is 2.10. The van der Waals surface area contributed by atoms with Crippen LogP contribution in [0.4, 0.5) is 4.79 Å². The molecule has 0 bridgehead atoms.